The number of nitrogens with one attached hydrogen (secondary N) is 2. The van der Waals surface area contributed by atoms with E-state index in [0.717, 1.165) is 45.0 Å². The summed E-state index contributed by atoms with van der Waals surface area (Å²) in [7, 11) is 1.65. The Morgan fingerprint density at radius 2 is 1.81 bits per heavy atom. The fourth-order valence-corrected chi connectivity index (χ4v) is 4.42. The summed E-state index contributed by atoms with van der Waals surface area (Å²) in [5.41, 5.74) is 4.17. The van der Waals surface area contributed by atoms with Crippen molar-refractivity contribution in [1.82, 2.24) is 30.0 Å². The summed E-state index contributed by atoms with van der Waals surface area (Å²) < 4.78 is 7.35. The summed E-state index contributed by atoms with van der Waals surface area (Å²) in [6.07, 6.45) is 6.23. The molecule has 36 heavy (non-hydrogen) atoms. The van der Waals surface area contributed by atoms with E-state index >= 15 is 0 Å². The Kier molecular flexibility index (Phi) is 6.75. The zero-order valence-corrected chi connectivity index (χ0v) is 20.3. The molecule has 2 N–H and O–H groups in total. The van der Waals surface area contributed by atoms with Gasteiger partial charge in [0.05, 0.1) is 26.1 Å². The first kappa shape index (κ1) is 23.3. The molecule has 0 saturated carbocycles. The molecular formula is C28H28N6O2. The Morgan fingerprint density at radius 1 is 1.03 bits per heavy atom. The largest absolute Gasteiger partial charge is 0.497 e. The molecule has 0 saturated heterocycles. The van der Waals surface area contributed by atoms with Crippen molar-refractivity contribution < 1.29 is 9.53 Å². The summed E-state index contributed by atoms with van der Waals surface area (Å²) in [6.45, 7) is 2.52. The highest BCUT2D eigenvalue weighted by molar-refractivity contribution is 5.83. The number of fused-ring (bicyclic) bond motifs is 1. The number of H-pyrrole nitrogens is 1. The number of benzene rings is 2. The van der Waals surface area contributed by atoms with Crippen molar-refractivity contribution in [2.75, 3.05) is 7.11 Å². The third kappa shape index (κ3) is 5.12. The van der Waals surface area contributed by atoms with Gasteiger partial charge in [-0.2, -0.15) is 0 Å². The zero-order valence-electron chi connectivity index (χ0n) is 20.3. The number of aromatic nitrogens is 5. The number of hydrogen-bond acceptors (Lipinski definition) is 5. The lowest BCUT2D eigenvalue weighted by molar-refractivity contribution is -0.121. The van der Waals surface area contributed by atoms with E-state index in [0.29, 0.717) is 13.0 Å². The summed E-state index contributed by atoms with van der Waals surface area (Å²) in [5, 5.41) is 13.2. The Hall–Kier alpha value is -4.46. The average Bonchev–Trinajstić information content (AvgIpc) is 3.48. The van der Waals surface area contributed by atoms with E-state index in [2.05, 4.69) is 36.1 Å². The molecule has 182 valence electrons. The van der Waals surface area contributed by atoms with Crippen LogP contribution in [0.25, 0.3) is 10.9 Å². The number of carbonyl (C=O) groups excluding carboxylic acids is 1. The van der Waals surface area contributed by atoms with Gasteiger partial charge in [0, 0.05) is 35.9 Å². The fourth-order valence-electron chi connectivity index (χ4n) is 4.42. The molecule has 5 aromatic rings. The van der Waals surface area contributed by atoms with Crippen LogP contribution in [0.3, 0.4) is 0 Å². The molecule has 0 spiro atoms. The first-order valence-corrected chi connectivity index (χ1v) is 11.9. The van der Waals surface area contributed by atoms with E-state index < -0.39 is 0 Å². The van der Waals surface area contributed by atoms with Gasteiger partial charge < -0.3 is 19.6 Å². The molecule has 3 heterocycles. The summed E-state index contributed by atoms with van der Waals surface area (Å²) in [6, 6.07) is 19.4. The monoisotopic (exact) mass is 480 g/mol. The molecule has 0 aliphatic carbocycles. The number of rotatable bonds is 9. The minimum absolute atomic E-state index is 0.0808. The maximum Gasteiger partial charge on any atom is 0.225 e. The quantitative estimate of drug-likeness (QED) is 0.330. The predicted molar refractivity (Wildman–Crippen MR) is 138 cm³/mol. The molecule has 8 nitrogen and oxygen atoms in total. The van der Waals surface area contributed by atoms with Crippen LogP contribution < -0.4 is 10.1 Å². The molecule has 8 heteroatoms. The fraction of sp³-hybridized carbons (Fsp3) is 0.214. The van der Waals surface area contributed by atoms with E-state index in [4.69, 9.17) is 4.74 Å². The number of nitrogens with zero attached hydrogens (tertiary/aromatic N) is 4. The number of aryl methyl sites for hydroxylation is 1. The van der Waals surface area contributed by atoms with Gasteiger partial charge in [0.25, 0.3) is 0 Å². The molecule has 2 aromatic carbocycles. The summed E-state index contributed by atoms with van der Waals surface area (Å²) >= 11 is 0. The number of amides is 1. The van der Waals surface area contributed by atoms with Gasteiger partial charge >= 0.3 is 0 Å². The van der Waals surface area contributed by atoms with Crippen LogP contribution >= 0.6 is 0 Å². The van der Waals surface area contributed by atoms with Crippen LogP contribution in [0.1, 0.15) is 34.4 Å². The van der Waals surface area contributed by atoms with Crippen molar-refractivity contribution in [1.29, 1.82) is 0 Å². The SMILES string of the molecule is COc1ccc(Cn2c(C)nnc2[C@@H](Cc2c[nH]c3ccccc23)NC(=O)Cc2ccncc2)cc1. The number of methoxy groups -OCH3 is 1. The molecule has 3 aromatic heterocycles. The zero-order chi connectivity index (χ0) is 24.9. The van der Waals surface area contributed by atoms with Crippen LogP contribution in [0.4, 0.5) is 0 Å². The Morgan fingerprint density at radius 3 is 2.58 bits per heavy atom. The number of hydrogen-bond donors (Lipinski definition) is 2. The van der Waals surface area contributed by atoms with Crippen molar-refractivity contribution >= 4 is 16.8 Å². The van der Waals surface area contributed by atoms with Crippen LogP contribution in [-0.2, 0) is 24.2 Å². The van der Waals surface area contributed by atoms with E-state index in [1.165, 1.54) is 0 Å². The molecule has 1 atom stereocenters. The van der Waals surface area contributed by atoms with E-state index in [1.807, 2.05) is 67.7 Å². The number of ether oxygens (including phenoxy) is 1. The molecular weight excluding hydrogens is 452 g/mol. The van der Waals surface area contributed by atoms with Crippen LogP contribution in [0.2, 0.25) is 0 Å². The van der Waals surface area contributed by atoms with Crippen molar-refractivity contribution in [2.45, 2.75) is 32.4 Å². The minimum atomic E-state index is -0.363. The molecule has 0 radical (unpaired) electrons. The summed E-state index contributed by atoms with van der Waals surface area (Å²) in [5.74, 6) is 2.23. The first-order valence-electron chi connectivity index (χ1n) is 11.9. The average molecular weight is 481 g/mol. The molecule has 0 fully saturated rings. The van der Waals surface area contributed by atoms with Crippen LogP contribution in [0, 0.1) is 6.92 Å². The lowest BCUT2D eigenvalue weighted by atomic mass is 10.0. The number of pyridine rings is 1. The van der Waals surface area contributed by atoms with Crippen molar-refractivity contribution in [2.24, 2.45) is 0 Å². The van der Waals surface area contributed by atoms with Gasteiger partial charge in [-0.25, -0.2) is 0 Å². The van der Waals surface area contributed by atoms with E-state index in [9.17, 15) is 4.79 Å². The summed E-state index contributed by atoms with van der Waals surface area (Å²) in [4.78, 5) is 20.5. The molecule has 5 rings (SSSR count). The molecule has 0 aliphatic heterocycles. The Bertz CT molecular complexity index is 1460. The highest BCUT2D eigenvalue weighted by Gasteiger charge is 2.24. The van der Waals surface area contributed by atoms with Gasteiger partial charge in [-0.1, -0.05) is 30.3 Å². The van der Waals surface area contributed by atoms with Gasteiger partial charge in [-0.15, -0.1) is 10.2 Å². The van der Waals surface area contributed by atoms with Gasteiger partial charge in [0.15, 0.2) is 5.82 Å². The first-order chi connectivity index (χ1) is 17.6. The lowest BCUT2D eigenvalue weighted by Gasteiger charge is -2.20. The van der Waals surface area contributed by atoms with Crippen LogP contribution in [0.5, 0.6) is 5.75 Å². The van der Waals surface area contributed by atoms with E-state index in [-0.39, 0.29) is 18.4 Å². The topological polar surface area (TPSA) is 97.7 Å². The minimum Gasteiger partial charge on any atom is -0.497 e. The highest BCUT2D eigenvalue weighted by atomic mass is 16.5. The highest BCUT2D eigenvalue weighted by Crippen LogP contribution is 2.25. The van der Waals surface area contributed by atoms with Gasteiger partial charge in [-0.3, -0.25) is 9.78 Å². The third-order valence-electron chi connectivity index (χ3n) is 6.32. The van der Waals surface area contributed by atoms with Gasteiger partial charge in [-0.05, 0) is 53.9 Å². The van der Waals surface area contributed by atoms with E-state index in [1.54, 1.807) is 19.5 Å². The van der Waals surface area contributed by atoms with Crippen LogP contribution in [-0.4, -0.2) is 37.7 Å². The van der Waals surface area contributed by atoms with Gasteiger partial charge in [0.1, 0.15) is 11.6 Å². The molecule has 0 bridgehead atoms. The molecule has 0 unspecified atom stereocenters. The molecule has 0 aliphatic rings. The second kappa shape index (κ2) is 10.4. The third-order valence-corrected chi connectivity index (χ3v) is 6.32. The maximum atomic E-state index is 13.1. The smallest absolute Gasteiger partial charge is 0.225 e. The lowest BCUT2D eigenvalue weighted by Crippen LogP contribution is -2.33. The number of para-hydroxylation sites is 1. The number of carbonyl (C=O) groups is 1. The standard InChI is InChI=1S/C28H28N6O2/c1-19-32-33-28(34(19)18-21-7-9-23(36-2)10-8-21)26(31-27(35)15-20-11-13-29-14-12-20)16-22-17-30-25-6-4-3-5-24(22)25/h3-14,17,26,30H,15-16,18H2,1-2H3,(H,31,35)/t26-/m1/s1. The molecule has 1 amide bonds. The Labute approximate surface area is 209 Å². The Balaban J connectivity index is 1.46. The second-order valence-corrected chi connectivity index (χ2v) is 8.76. The van der Waals surface area contributed by atoms with Crippen molar-refractivity contribution in [3.05, 3.63) is 108 Å². The number of aromatic amines is 1. The van der Waals surface area contributed by atoms with Crippen LogP contribution in [0.15, 0.2) is 79.3 Å². The van der Waals surface area contributed by atoms with Gasteiger partial charge in [0.2, 0.25) is 5.91 Å². The van der Waals surface area contributed by atoms with Crippen molar-refractivity contribution in [3.63, 3.8) is 0 Å². The second-order valence-electron chi connectivity index (χ2n) is 8.76. The normalized spacial score (nSPS) is 11.9. The van der Waals surface area contributed by atoms with Crippen molar-refractivity contribution in [3.8, 4) is 5.75 Å². The predicted octanol–water partition coefficient (Wildman–Crippen LogP) is 4.16. The maximum absolute atomic E-state index is 13.1.